The lowest BCUT2D eigenvalue weighted by Gasteiger charge is -2.33. The molecule has 330 valence electrons. The van der Waals surface area contributed by atoms with E-state index in [2.05, 4.69) is 261 Å². The molecule has 1 aromatic heterocycles. The van der Waals surface area contributed by atoms with Crippen molar-refractivity contribution in [3.63, 3.8) is 0 Å². The van der Waals surface area contributed by atoms with E-state index < -0.39 is 5.41 Å². The highest BCUT2D eigenvalue weighted by Crippen LogP contribution is 2.57. The average Bonchev–Trinajstić information content (AvgIpc) is 3.75. The summed E-state index contributed by atoms with van der Waals surface area (Å²) in [5.41, 5.74) is 16.7. The molecule has 0 atom stereocenters. The van der Waals surface area contributed by atoms with Gasteiger partial charge in [-0.2, -0.15) is 0 Å². The minimum absolute atomic E-state index is 0.481. The van der Waals surface area contributed by atoms with Crippen molar-refractivity contribution in [2.45, 2.75) is 5.41 Å². The Kier molecular flexibility index (Phi) is 9.47. The van der Waals surface area contributed by atoms with Crippen LogP contribution in [0.25, 0.3) is 110 Å². The first kappa shape index (κ1) is 40.8. The van der Waals surface area contributed by atoms with Crippen molar-refractivity contribution in [1.29, 1.82) is 0 Å². The molecule has 12 aromatic carbocycles. The van der Waals surface area contributed by atoms with Gasteiger partial charge in [-0.3, -0.25) is 0 Å². The summed E-state index contributed by atoms with van der Waals surface area (Å²) >= 11 is 0. The third-order valence-electron chi connectivity index (χ3n) is 15.0. The van der Waals surface area contributed by atoms with Crippen LogP contribution in [0.15, 0.2) is 267 Å². The molecule has 0 aliphatic heterocycles. The fourth-order valence-corrected chi connectivity index (χ4v) is 11.9. The summed E-state index contributed by atoms with van der Waals surface area (Å²) < 4.78 is 0. The summed E-state index contributed by atoms with van der Waals surface area (Å²) in [6.45, 7) is 0. The van der Waals surface area contributed by atoms with Crippen LogP contribution in [0.3, 0.4) is 0 Å². The molecule has 13 aromatic rings. The van der Waals surface area contributed by atoms with Crippen molar-refractivity contribution in [2.75, 3.05) is 0 Å². The first-order valence-electron chi connectivity index (χ1n) is 24.5. The maximum Gasteiger partial charge on any atom is 0.160 e. The van der Waals surface area contributed by atoms with Gasteiger partial charge in [0.2, 0.25) is 0 Å². The largest absolute Gasteiger partial charge is 0.228 e. The minimum Gasteiger partial charge on any atom is -0.228 e. The molecule has 0 amide bonds. The molecule has 0 unspecified atom stereocenters. The predicted molar refractivity (Wildman–Crippen MR) is 297 cm³/mol. The molecule has 0 radical (unpaired) electrons. The van der Waals surface area contributed by atoms with Crippen molar-refractivity contribution in [1.82, 2.24) is 9.97 Å². The van der Waals surface area contributed by atoms with Crippen LogP contribution >= 0.6 is 0 Å². The van der Waals surface area contributed by atoms with Crippen LogP contribution in [-0.4, -0.2) is 9.97 Å². The second-order valence-corrected chi connectivity index (χ2v) is 18.7. The number of hydrogen-bond acceptors (Lipinski definition) is 2. The lowest BCUT2D eigenvalue weighted by molar-refractivity contribution is 0.768. The molecule has 0 spiro atoms. The Bertz CT molecular complexity index is 4160. The standard InChI is InChI=1S/C69H44N2/c1-5-22-46(23-6-1)65-56-34-17-18-35-57(56)66(59-39-37-45-21-13-14-30-51(45)67(59)65)58-41-40-55(52-31-15-16-32-53(52)58)64-44-63(70-68(71-64)47-24-7-2-8-25-47)48-38-42-62-60(43-48)54-33-19-20-36-61(54)69(62,49-26-9-3-10-27-49)50-28-11-4-12-29-50/h1-44H. The summed E-state index contributed by atoms with van der Waals surface area (Å²) in [5, 5.41) is 9.75. The molecule has 1 heterocycles. The predicted octanol–water partition coefficient (Wildman–Crippen LogP) is 17.8. The van der Waals surface area contributed by atoms with Crippen molar-refractivity contribution >= 4 is 43.1 Å². The minimum atomic E-state index is -0.481. The van der Waals surface area contributed by atoms with Crippen molar-refractivity contribution in [3.05, 3.63) is 289 Å². The lowest BCUT2D eigenvalue weighted by atomic mass is 9.67. The van der Waals surface area contributed by atoms with Gasteiger partial charge in [-0.15, -0.1) is 0 Å². The van der Waals surface area contributed by atoms with Gasteiger partial charge in [0.25, 0.3) is 0 Å². The van der Waals surface area contributed by atoms with Gasteiger partial charge in [0, 0.05) is 16.7 Å². The Morgan fingerprint density at radius 2 is 0.789 bits per heavy atom. The van der Waals surface area contributed by atoms with E-state index in [1.54, 1.807) is 0 Å². The average molecular weight is 901 g/mol. The number of aromatic nitrogens is 2. The molecule has 0 saturated heterocycles. The van der Waals surface area contributed by atoms with Crippen LogP contribution in [0.2, 0.25) is 0 Å². The van der Waals surface area contributed by atoms with Gasteiger partial charge >= 0.3 is 0 Å². The highest BCUT2D eigenvalue weighted by atomic mass is 14.9. The number of fused-ring (bicyclic) bond motifs is 8. The van der Waals surface area contributed by atoms with Crippen molar-refractivity contribution in [2.24, 2.45) is 0 Å². The van der Waals surface area contributed by atoms with Gasteiger partial charge in [-0.1, -0.05) is 255 Å². The molecule has 2 nitrogen and oxygen atoms in total. The van der Waals surface area contributed by atoms with E-state index in [4.69, 9.17) is 9.97 Å². The van der Waals surface area contributed by atoms with Crippen LogP contribution in [0.1, 0.15) is 22.3 Å². The maximum absolute atomic E-state index is 5.43. The zero-order chi connectivity index (χ0) is 46.9. The lowest BCUT2D eigenvalue weighted by Crippen LogP contribution is -2.28. The van der Waals surface area contributed by atoms with E-state index in [1.165, 1.54) is 93.3 Å². The normalized spacial score (nSPS) is 12.6. The summed E-state index contributed by atoms with van der Waals surface area (Å²) in [6.07, 6.45) is 0. The Labute approximate surface area is 412 Å². The molecule has 0 N–H and O–H groups in total. The van der Waals surface area contributed by atoms with Crippen LogP contribution in [0.5, 0.6) is 0 Å². The van der Waals surface area contributed by atoms with Crippen molar-refractivity contribution < 1.29 is 0 Å². The highest BCUT2D eigenvalue weighted by molar-refractivity contribution is 6.29. The third kappa shape index (κ3) is 6.35. The molecule has 1 aliphatic rings. The van der Waals surface area contributed by atoms with Crippen LogP contribution < -0.4 is 0 Å². The van der Waals surface area contributed by atoms with Gasteiger partial charge in [0.1, 0.15) is 0 Å². The summed E-state index contributed by atoms with van der Waals surface area (Å²) in [5.74, 6) is 0.690. The van der Waals surface area contributed by atoms with E-state index in [0.717, 1.165) is 33.5 Å². The molecule has 0 fully saturated rings. The molecule has 1 aliphatic carbocycles. The SMILES string of the molecule is c1ccc(-c2nc(-c3ccc4c(c3)-c3ccccc3C4(c3ccccc3)c3ccccc3)cc(-c3ccc(-c4c5ccccc5c(-c5ccccc5)c5c4ccc4ccccc45)c4ccccc34)n2)cc1. The Hall–Kier alpha value is -9.24. The molecular formula is C69H44N2. The monoisotopic (exact) mass is 900 g/mol. The Morgan fingerprint density at radius 1 is 0.268 bits per heavy atom. The fourth-order valence-electron chi connectivity index (χ4n) is 11.9. The second-order valence-electron chi connectivity index (χ2n) is 18.7. The molecular weight excluding hydrogens is 857 g/mol. The topological polar surface area (TPSA) is 25.8 Å². The van der Waals surface area contributed by atoms with Gasteiger partial charge in [0.15, 0.2) is 5.82 Å². The van der Waals surface area contributed by atoms with Gasteiger partial charge < -0.3 is 0 Å². The Morgan fingerprint density at radius 3 is 1.49 bits per heavy atom. The van der Waals surface area contributed by atoms with Crippen LogP contribution in [0, 0.1) is 0 Å². The zero-order valence-electron chi connectivity index (χ0n) is 38.8. The van der Waals surface area contributed by atoms with E-state index >= 15 is 0 Å². The van der Waals surface area contributed by atoms with E-state index in [-0.39, 0.29) is 0 Å². The van der Waals surface area contributed by atoms with Crippen LogP contribution in [0.4, 0.5) is 0 Å². The third-order valence-corrected chi connectivity index (χ3v) is 15.0. The highest BCUT2D eigenvalue weighted by Gasteiger charge is 2.46. The molecule has 0 saturated carbocycles. The maximum atomic E-state index is 5.43. The summed E-state index contributed by atoms with van der Waals surface area (Å²) in [7, 11) is 0. The first-order chi connectivity index (χ1) is 35.2. The van der Waals surface area contributed by atoms with E-state index in [9.17, 15) is 0 Å². The molecule has 2 heteroatoms. The van der Waals surface area contributed by atoms with E-state index in [1.807, 2.05) is 6.07 Å². The summed E-state index contributed by atoms with van der Waals surface area (Å²) in [4.78, 5) is 10.8. The second kappa shape index (κ2) is 16.5. The number of nitrogens with zero attached hydrogens (tertiary/aromatic N) is 2. The van der Waals surface area contributed by atoms with Crippen molar-refractivity contribution in [3.8, 4) is 67.3 Å². The van der Waals surface area contributed by atoms with Gasteiger partial charge in [-0.05, 0) is 111 Å². The van der Waals surface area contributed by atoms with Crippen LogP contribution in [-0.2, 0) is 5.41 Å². The fraction of sp³-hybridized carbons (Fsp3) is 0.0145. The molecule has 0 bridgehead atoms. The Balaban J connectivity index is 0.993. The zero-order valence-corrected chi connectivity index (χ0v) is 38.8. The first-order valence-corrected chi connectivity index (χ1v) is 24.5. The number of rotatable bonds is 7. The smallest absolute Gasteiger partial charge is 0.160 e. The van der Waals surface area contributed by atoms with Gasteiger partial charge in [0.05, 0.1) is 16.8 Å². The van der Waals surface area contributed by atoms with E-state index in [0.29, 0.717) is 5.82 Å². The van der Waals surface area contributed by atoms with Gasteiger partial charge in [-0.25, -0.2) is 9.97 Å². The number of hydrogen-bond donors (Lipinski definition) is 0. The molecule has 71 heavy (non-hydrogen) atoms. The summed E-state index contributed by atoms with van der Waals surface area (Å²) in [6, 6.07) is 97.2. The number of benzene rings is 12. The molecule has 14 rings (SSSR count). The quantitative estimate of drug-likeness (QED) is 0.118.